The molecule has 1 amide bonds. The molecule has 2 heterocycles. The molecule has 1 N–H and O–H groups in total. The molecule has 1 fully saturated rings. The van der Waals surface area contributed by atoms with E-state index in [2.05, 4.69) is 10.4 Å². The summed E-state index contributed by atoms with van der Waals surface area (Å²) in [4.78, 5) is 24.8. The molecule has 1 saturated carbocycles. The summed E-state index contributed by atoms with van der Waals surface area (Å²) in [6.07, 6.45) is 4.57. The summed E-state index contributed by atoms with van der Waals surface area (Å²) in [5, 5.41) is 7.32. The van der Waals surface area contributed by atoms with E-state index in [4.69, 9.17) is 0 Å². The van der Waals surface area contributed by atoms with Gasteiger partial charge in [-0.25, -0.2) is 9.48 Å². The second-order valence-corrected chi connectivity index (χ2v) is 6.22. The van der Waals surface area contributed by atoms with Crippen molar-refractivity contribution >= 4 is 11.6 Å². The molecular weight excluding hydrogens is 304 g/mol. The molecule has 1 aromatic carbocycles. The lowest BCUT2D eigenvalue weighted by Gasteiger charge is -2.43. The average molecular weight is 322 g/mol. The van der Waals surface area contributed by atoms with Crippen LogP contribution in [0.1, 0.15) is 24.8 Å². The van der Waals surface area contributed by atoms with Gasteiger partial charge in [0, 0.05) is 6.20 Å². The number of carbonyl (C=O) groups is 1. The fraction of sp³-hybridized carbons (Fsp3) is 0.278. The number of amides is 1. The molecule has 122 valence electrons. The molecule has 1 aliphatic rings. The molecule has 0 radical (unpaired) electrons. The van der Waals surface area contributed by atoms with Gasteiger partial charge in [-0.05, 0) is 37.0 Å². The van der Waals surface area contributed by atoms with Crippen LogP contribution in [0.15, 0.2) is 59.5 Å². The van der Waals surface area contributed by atoms with Crippen molar-refractivity contribution in [3.63, 3.8) is 0 Å². The van der Waals surface area contributed by atoms with Gasteiger partial charge in [0.1, 0.15) is 6.54 Å². The van der Waals surface area contributed by atoms with E-state index in [0.29, 0.717) is 5.65 Å². The first-order chi connectivity index (χ1) is 11.7. The predicted molar refractivity (Wildman–Crippen MR) is 89.6 cm³/mol. The topological polar surface area (TPSA) is 68.4 Å². The molecule has 0 aliphatic heterocycles. The molecule has 3 aromatic rings. The molecule has 0 atom stereocenters. The summed E-state index contributed by atoms with van der Waals surface area (Å²) in [5.41, 5.74) is 1.05. The number of hydrogen-bond acceptors (Lipinski definition) is 3. The lowest BCUT2D eigenvalue weighted by molar-refractivity contribution is -0.125. The quantitative estimate of drug-likeness (QED) is 0.795. The zero-order chi connectivity index (χ0) is 16.6. The molecule has 6 heteroatoms. The van der Waals surface area contributed by atoms with Crippen molar-refractivity contribution in [2.24, 2.45) is 0 Å². The lowest BCUT2D eigenvalue weighted by atomic mass is 9.72. The van der Waals surface area contributed by atoms with E-state index >= 15 is 0 Å². The van der Waals surface area contributed by atoms with Gasteiger partial charge >= 0.3 is 5.69 Å². The van der Waals surface area contributed by atoms with Crippen molar-refractivity contribution in [2.75, 3.05) is 0 Å². The summed E-state index contributed by atoms with van der Waals surface area (Å²) in [5.74, 6) is -0.191. The second-order valence-electron chi connectivity index (χ2n) is 6.22. The third-order valence-corrected chi connectivity index (χ3v) is 4.69. The van der Waals surface area contributed by atoms with Gasteiger partial charge in [-0.15, -0.1) is 5.10 Å². The first kappa shape index (κ1) is 14.7. The van der Waals surface area contributed by atoms with Crippen LogP contribution >= 0.6 is 0 Å². The van der Waals surface area contributed by atoms with Crippen LogP contribution in [0.25, 0.3) is 5.65 Å². The average Bonchev–Trinajstić information content (AvgIpc) is 2.88. The highest BCUT2D eigenvalue weighted by Crippen LogP contribution is 2.41. The Morgan fingerprint density at radius 2 is 1.88 bits per heavy atom. The Morgan fingerprint density at radius 3 is 2.54 bits per heavy atom. The molecule has 2 aromatic heterocycles. The van der Waals surface area contributed by atoms with Crippen molar-refractivity contribution in [1.29, 1.82) is 0 Å². The van der Waals surface area contributed by atoms with Gasteiger partial charge in [-0.2, -0.15) is 0 Å². The van der Waals surface area contributed by atoms with Crippen LogP contribution in [-0.4, -0.2) is 20.1 Å². The Balaban J connectivity index is 1.56. The van der Waals surface area contributed by atoms with Crippen molar-refractivity contribution in [2.45, 2.75) is 31.3 Å². The zero-order valence-electron chi connectivity index (χ0n) is 13.2. The van der Waals surface area contributed by atoms with Crippen LogP contribution in [0.5, 0.6) is 0 Å². The number of benzene rings is 1. The second kappa shape index (κ2) is 5.63. The van der Waals surface area contributed by atoms with E-state index in [1.165, 1.54) is 9.08 Å². The van der Waals surface area contributed by atoms with Gasteiger partial charge in [0.05, 0.1) is 5.54 Å². The van der Waals surface area contributed by atoms with Gasteiger partial charge in [0.25, 0.3) is 0 Å². The van der Waals surface area contributed by atoms with Gasteiger partial charge in [-0.1, -0.05) is 36.4 Å². The minimum atomic E-state index is -0.304. The van der Waals surface area contributed by atoms with E-state index in [1.54, 1.807) is 18.3 Å². The van der Waals surface area contributed by atoms with Crippen molar-refractivity contribution in [1.82, 2.24) is 19.5 Å². The summed E-state index contributed by atoms with van der Waals surface area (Å²) in [6, 6.07) is 15.3. The Hall–Kier alpha value is -2.89. The first-order valence-electron chi connectivity index (χ1n) is 8.09. The van der Waals surface area contributed by atoms with Crippen molar-refractivity contribution < 1.29 is 4.79 Å². The highest BCUT2D eigenvalue weighted by atomic mass is 16.2. The molecule has 0 spiro atoms. The molecule has 6 nitrogen and oxygen atoms in total. The van der Waals surface area contributed by atoms with Crippen LogP contribution in [0, 0.1) is 0 Å². The highest BCUT2D eigenvalue weighted by Gasteiger charge is 2.39. The molecule has 0 bridgehead atoms. The fourth-order valence-corrected chi connectivity index (χ4v) is 3.29. The van der Waals surface area contributed by atoms with Gasteiger partial charge < -0.3 is 5.32 Å². The number of pyridine rings is 1. The van der Waals surface area contributed by atoms with E-state index < -0.39 is 0 Å². The van der Waals surface area contributed by atoms with E-state index in [-0.39, 0.29) is 23.7 Å². The van der Waals surface area contributed by atoms with E-state index in [9.17, 15) is 9.59 Å². The number of carbonyl (C=O) groups excluding carboxylic acids is 1. The van der Waals surface area contributed by atoms with Gasteiger partial charge in [0.2, 0.25) is 5.91 Å². The Labute approximate surface area is 138 Å². The number of aromatic nitrogens is 3. The first-order valence-corrected chi connectivity index (χ1v) is 8.09. The zero-order valence-corrected chi connectivity index (χ0v) is 13.2. The Bertz CT molecular complexity index is 938. The van der Waals surface area contributed by atoms with Crippen LogP contribution in [0.3, 0.4) is 0 Å². The molecule has 1 aliphatic carbocycles. The van der Waals surface area contributed by atoms with Crippen LogP contribution < -0.4 is 11.0 Å². The smallest absolute Gasteiger partial charge is 0.345 e. The summed E-state index contributed by atoms with van der Waals surface area (Å²) >= 11 is 0. The number of hydrogen-bond donors (Lipinski definition) is 1. The summed E-state index contributed by atoms with van der Waals surface area (Å²) < 4.78 is 2.64. The van der Waals surface area contributed by atoms with Crippen LogP contribution in [-0.2, 0) is 16.9 Å². The molecule has 0 saturated heterocycles. The van der Waals surface area contributed by atoms with Crippen LogP contribution in [0.2, 0.25) is 0 Å². The lowest BCUT2D eigenvalue weighted by Crippen LogP contribution is -2.52. The number of fused-ring (bicyclic) bond motifs is 1. The molecular formula is C18H18N4O2. The van der Waals surface area contributed by atoms with Gasteiger partial charge in [0.15, 0.2) is 5.65 Å². The van der Waals surface area contributed by atoms with Crippen molar-refractivity contribution in [3.05, 3.63) is 70.8 Å². The summed E-state index contributed by atoms with van der Waals surface area (Å²) in [6.45, 7) is -0.0743. The van der Waals surface area contributed by atoms with E-state index in [0.717, 1.165) is 24.8 Å². The van der Waals surface area contributed by atoms with Crippen LogP contribution in [0.4, 0.5) is 0 Å². The maximum Gasteiger partial charge on any atom is 0.350 e. The van der Waals surface area contributed by atoms with E-state index in [1.807, 2.05) is 36.4 Å². The third-order valence-electron chi connectivity index (χ3n) is 4.69. The number of rotatable bonds is 4. The maximum atomic E-state index is 12.5. The molecule has 0 unspecified atom stereocenters. The minimum Gasteiger partial charge on any atom is -0.345 e. The largest absolute Gasteiger partial charge is 0.350 e. The SMILES string of the molecule is O=C(Cn1nc2ccccn2c1=O)NC1(c2ccccc2)CCC1. The Morgan fingerprint density at radius 1 is 1.12 bits per heavy atom. The monoisotopic (exact) mass is 322 g/mol. The van der Waals surface area contributed by atoms with Crippen molar-refractivity contribution in [3.8, 4) is 0 Å². The highest BCUT2D eigenvalue weighted by molar-refractivity contribution is 5.77. The third kappa shape index (κ3) is 2.40. The predicted octanol–water partition coefficient (Wildman–Crippen LogP) is 1.69. The maximum absolute atomic E-state index is 12.5. The Kier molecular flexibility index (Phi) is 3.45. The van der Waals surface area contributed by atoms with Gasteiger partial charge in [-0.3, -0.25) is 9.20 Å². The normalized spacial score (nSPS) is 15.8. The summed E-state index contributed by atoms with van der Waals surface area (Å²) in [7, 11) is 0. The number of nitrogens with one attached hydrogen (secondary N) is 1. The molecule has 24 heavy (non-hydrogen) atoms. The minimum absolute atomic E-state index is 0.0743. The fourth-order valence-electron chi connectivity index (χ4n) is 3.29. The number of nitrogens with zero attached hydrogens (tertiary/aromatic N) is 3. The molecule has 4 rings (SSSR count). The standard InChI is InChI=1S/C18H18N4O2/c23-16(13-22-17(24)21-12-5-4-9-15(21)20-22)19-18(10-6-11-18)14-7-2-1-3-8-14/h1-5,7-9,12H,6,10-11,13H2,(H,19,23).